The summed E-state index contributed by atoms with van der Waals surface area (Å²) >= 11 is 0. The highest BCUT2D eigenvalue weighted by atomic mass is 16.2. The lowest BCUT2D eigenvalue weighted by atomic mass is 10.1. The van der Waals surface area contributed by atoms with Gasteiger partial charge in [0.05, 0.1) is 0 Å². The number of rotatable bonds is 5. The van der Waals surface area contributed by atoms with Gasteiger partial charge in [-0.1, -0.05) is 48.5 Å². The second kappa shape index (κ2) is 7.46. The first kappa shape index (κ1) is 17.0. The van der Waals surface area contributed by atoms with Crippen LogP contribution in [0.4, 0.5) is 5.69 Å². The molecule has 0 bridgehead atoms. The molecule has 0 fully saturated rings. The second-order valence-electron chi connectivity index (χ2n) is 6.63. The number of carbonyl (C=O) groups is 2. The van der Waals surface area contributed by atoms with E-state index in [-0.39, 0.29) is 18.2 Å². The zero-order valence-electron chi connectivity index (χ0n) is 14.9. The number of nitrogens with one attached hydrogen (secondary N) is 2. The number of hydrogen-bond donors (Lipinski definition) is 2. The Kier molecular flexibility index (Phi) is 4.71. The van der Waals surface area contributed by atoms with Crippen molar-refractivity contribution in [1.82, 2.24) is 5.32 Å². The molecule has 0 radical (unpaired) electrons. The molecular formula is C23H20N2O2. The van der Waals surface area contributed by atoms with E-state index >= 15 is 0 Å². The molecule has 3 aromatic carbocycles. The van der Waals surface area contributed by atoms with Gasteiger partial charge in [-0.15, -0.1) is 0 Å². The average molecular weight is 356 g/mol. The molecule has 0 aromatic heterocycles. The maximum atomic E-state index is 12.2. The first-order valence-electron chi connectivity index (χ1n) is 9.05. The highest BCUT2D eigenvalue weighted by molar-refractivity contribution is 5.95. The van der Waals surface area contributed by atoms with E-state index in [1.165, 1.54) is 22.3 Å². The largest absolute Gasteiger partial charge is 0.352 e. The summed E-state index contributed by atoms with van der Waals surface area (Å²) in [6, 6.07) is 23.4. The second-order valence-corrected chi connectivity index (χ2v) is 6.63. The van der Waals surface area contributed by atoms with E-state index in [1.54, 1.807) is 12.1 Å². The van der Waals surface area contributed by atoms with Crippen LogP contribution in [0.2, 0.25) is 0 Å². The topological polar surface area (TPSA) is 58.2 Å². The van der Waals surface area contributed by atoms with Crippen LogP contribution in [0.25, 0.3) is 11.1 Å². The van der Waals surface area contributed by atoms with Crippen molar-refractivity contribution >= 4 is 17.5 Å². The fraction of sp³-hybridized carbons (Fsp3) is 0.130. The molecule has 0 saturated carbocycles. The van der Waals surface area contributed by atoms with Gasteiger partial charge in [-0.2, -0.15) is 0 Å². The van der Waals surface area contributed by atoms with E-state index in [4.69, 9.17) is 0 Å². The number of benzene rings is 3. The van der Waals surface area contributed by atoms with Crippen molar-refractivity contribution in [1.29, 1.82) is 0 Å². The highest BCUT2D eigenvalue weighted by Crippen LogP contribution is 2.37. The smallest absolute Gasteiger partial charge is 0.251 e. The molecule has 0 saturated heterocycles. The first-order chi connectivity index (χ1) is 13.2. The maximum absolute atomic E-state index is 12.2. The third-order valence-electron chi connectivity index (χ3n) is 4.75. The summed E-state index contributed by atoms with van der Waals surface area (Å²) in [7, 11) is 0. The lowest BCUT2D eigenvalue weighted by Gasteiger charge is -2.09. The minimum absolute atomic E-state index is 0.112. The van der Waals surface area contributed by atoms with Crippen LogP contribution >= 0.6 is 0 Å². The van der Waals surface area contributed by atoms with Crippen LogP contribution in [0.3, 0.4) is 0 Å². The van der Waals surface area contributed by atoms with E-state index in [1.807, 2.05) is 36.4 Å². The molecule has 0 unspecified atom stereocenters. The summed E-state index contributed by atoms with van der Waals surface area (Å²) in [5.41, 5.74) is 6.44. The van der Waals surface area contributed by atoms with Gasteiger partial charge in [-0.25, -0.2) is 0 Å². The Morgan fingerprint density at radius 1 is 0.815 bits per heavy atom. The zero-order valence-corrected chi connectivity index (χ0v) is 14.9. The molecule has 0 atom stereocenters. The lowest BCUT2D eigenvalue weighted by molar-refractivity contribution is -0.116. The Morgan fingerprint density at radius 2 is 1.56 bits per heavy atom. The Bertz CT molecular complexity index is 996. The molecule has 4 rings (SSSR count). The predicted molar refractivity (Wildman–Crippen MR) is 107 cm³/mol. The van der Waals surface area contributed by atoms with E-state index in [0.29, 0.717) is 12.1 Å². The molecule has 0 aliphatic heterocycles. The third kappa shape index (κ3) is 3.75. The summed E-state index contributed by atoms with van der Waals surface area (Å²) in [4.78, 5) is 24.2. The molecule has 134 valence electrons. The summed E-state index contributed by atoms with van der Waals surface area (Å²) in [6.45, 7) is 0.302. The molecule has 3 aromatic rings. The van der Waals surface area contributed by atoms with Gasteiger partial charge in [0.2, 0.25) is 5.91 Å². The molecule has 0 heterocycles. The van der Waals surface area contributed by atoms with Crippen LogP contribution in [0, 0.1) is 0 Å². The first-order valence-corrected chi connectivity index (χ1v) is 9.05. The van der Waals surface area contributed by atoms with Gasteiger partial charge in [0.25, 0.3) is 5.91 Å². The van der Waals surface area contributed by atoms with Crippen LogP contribution in [-0.4, -0.2) is 18.4 Å². The van der Waals surface area contributed by atoms with Gasteiger partial charge in [-0.3, -0.25) is 9.59 Å². The summed E-state index contributed by atoms with van der Waals surface area (Å²) in [5.74, 6) is -0.280. The van der Waals surface area contributed by atoms with Crippen molar-refractivity contribution in [2.75, 3.05) is 11.9 Å². The minimum atomic E-state index is -0.168. The normalized spacial score (nSPS) is 11.4. The Labute approximate surface area is 158 Å². The monoisotopic (exact) mass is 356 g/mol. The third-order valence-corrected chi connectivity index (χ3v) is 4.75. The molecule has 4 heteroatoms. The van der Waals surface area contributed by atoms with Crippen molar-refractivity contribution < 1.29 is 9.59 Å². The van der Waals surface area contributed by atoms with E-state index in [2.05, 4.69) is 34.9 Å². The number of amides is 2. The van der Waals surface area contributed by atoms with Crippen molar-refractivity contribution in [3.05, 3.63) is 89.5 Å². The molecule has 2 amide bonds. The Hall–Kier alpha value is -3.40. The maximum Gasteiger partial charge on any atom is 0.251 e. The van der Waals surface area contributed by atoms with Gasteiger partial charge < -0.3 is 10.6 Å². The van der Waals surface area contributed by atoms with Gasteiger partial charge in [0.1, 0.15) is 0 Å². The molecule has 27 heavy (non-hydrogen) atoms. The number of carbonyl (C=O) groups excluding carboxylic acids is 2. The summed E-state index contributed by atoms with van der Waals surface area (Å²) in [5, 5.41) is 5.69. The summed E-state index contributed by atoms with van der Waals surface area (Å²) < 4.78 is 0. The van der Waals surface area contributed by atoms with Crippen LogP contribution < -0.4 is 10.6 Å². The lowest BCUT2D eigenvalue weighted by Crippen LogP contribution is -2.27. The van der Waals surface area contributed by atoms with E-state index < -0.39 is 0 Å². The van der Waals surface area contributed by atoms with E-state index in [0.717, 1.165) is 12.1 Å². The van der Waals surface area contributed by atoms with Gasteiger partial charge in [0, 0.05) is 24.2 Å². The van der Waals surface area contributed by atoms with E-state index in [9.17, 15) is 9.59 Å². The zero-order chi connectivity index (χ0) is 18.6. The van der Waals surface area contributed by atoms with Gasteiger partial charge in [-0.05, 0) is 52.9 Å². The number of hydrogen-bond acceptors (Lipinski definition) is 2. The van der Waals surface area contributed by atoms with Gasteiger partial charge >= 0.3 is 0 Å². The number of anilines is 1. The average Bonchev–Trinajstić information content (AvgIpc) is 3.06. The minimum Gasteiger partial charge on any atom is -0.352 e. The van der Waals surface area contributed by atoms with Crippen LogP contribution in [0.1, 0.15) is 27.9 Å². The van der Waals surface area contributed by atoms with Gasteiger partial charge in [0.15, 0.2) is 0 Å². The molecular weight excluding hydrogens is 336 g/mol. The summed E-state index contributed by atoms with van der Waals surface area (Å²) in [6.07, 6.45) is 1.12. The Balaban J connectivity index is 1.32. The van der Waals surface area contributed by atoms with Crippen molar-refractivity contribution in [3.63, 3.8) is 0 Å². The predicted octanol–water partition coefficient (Wildman–Crippen LogP) is 4.02. The van der Waals surface area contributed by atoms with Crippen LogP contribution in [0.15, 0.2) is 72.8 Å². The highest BCUT2D eigenvalue weighted by Gasteiger charge is 2.18. The molecule has 1 aliphatic carbocycles. The molecule has 4 nitrogen and oxygen atoms in total. The molecule has 1 aliphatic rings. The fourth-order valence-electron chi connectivity index (χ4n) is 3.43. The Morgan fingerprint density at radius 3 is 2.41 bits per heavy atom. The fourth-order valence-corrected chi connectivity index (χ4v) is 3.43. The van der Waals surface area contributed by atoms with Crippen molar-refractivity contribution in [2.24, 2.45) is 0 Å². The quantitative estimate of drug-likeness (QED) is 0.567. The number of fused-ring (bicyclic) bond motifs is 3. The van der Waals surface area contributed by atoms with Crippen LogP contribution in [0.5, 0.6) is 0 Å². The van der Waals surface area contributed by atoms with Crippen molar-refractivity contribution in [2.45, 2.75) is 12.8 Å². The standard InChI is InChI=1S/C23H20N2O2/c26-22(12-13-24-23(27)16-6-2-1-3-7-16)25-19-10-11-21-18(15-19)14-17-8-4-5-9-20(17)21/h1-11,15H,12-14H2,(H,24,27)(H,25,26). The SMILES string of the molecule is O=C(CCNC(=O)c1ccccc1)Nc1ccc2c(c1)Cc1ccccc1-2. The van der Waals surface area contributed by atoms with Crippen molar-refractivity contribution in [3.8, 4) is 11.1 Å². The van der Waals surface area contributed by atoms with Crippen LogP contribution in [-0.2, 0) is 11.2 Å². The molecule has 2 N–H and O–H groups in total. The molecule has 0 spiro atoms.